The highest BCUT2D eigenvalue weighted by Crippen LogP contribution is 2.48. The van der Waals surface area contributed by atoms with Crippen molar-refractivity contribution in [3.8, 4) is 0 Å². The van der Waals surface area contributed by atoms with Crippen molar-refractivity contribution in [2.45, 2.75) is 45.4 Å². The summed E-state index contributed by atoms with van der Waals surface area (Å²) in [6.07, 6.45) is 7.36. The van der Waals surface area contributed by atoms with Gasteiger partial charge in [-0.05, 0) is 42.9 Å². The van der Waals surface area contributed by atoms with Crippen LogP contribution >= 0.6 is 0 Å². The summed E-state index contributed by atoms with van der Waals surface area (Å²) in [5.41, 5.74) is 7.15. The van der Waals surface area contributed by atoms with Crippen LogP contribution in [0.15, 0.2) is 6.33 Å². The largest absolute Gasteiger partial charge is 0.383 e. The molecule has 4 nitrogen and oxygen atoms in total. The van der Waals surface area contributed by atoms with Crippen molar-refractivity contribution in [2.24, 2.45) is 17.8 Å². The molecule has 1 aromatic rings. The average molecular weight is 274 g/mol. The van der Waals surface area contributed by atoms with E-state index in [0.29, 0.717) is 11.7 Å². The van der Waals surface area contributed by atoms with Gasteiger partial charge in [0.25, 0.3) is 0 Å². The Labute approximate surface area is 121 Å². The van der Waals surface area contributed by atoms with E-state index in [0.717, 1.165) is 35.7 Å². The molecule has 0 radical (unpaired) electrons. The molecule has 0 saturated heterocycles. The molecule has 4 heteroatoms. The second-order valence-corrected chi connectivity index (χ2v) is 6.97. The van der Waals surface area contributed by atoms with Gasteiger partial charge in [0, 0.05) is 19.2 Å². The fourth-order valence-electron chi connectivity index (χ4n) is 4.30. The van der Waals surface area contributed by atoms with E-state index in [4.69, 9.17) is 5.73 Å². The zero-order valence-corrected chi connectivity index (χ0v) is 12.8. The van der Waals surface area contributed by atoms with E-state index in [2.05, 4.69) is 35.8 Å². The molecule has 20 heavy (non-hydrogen) atoms. The Morgan fingerprint density at radius 1 is 1.30 bits per heavy atom. The van der Waals surface area contributed by atoms with Gasteiger partial charge < -0.3 is 10.6 Å². The zero-order chi connectivity index (χ0) is 14.3. The molecule has 1 heterocycles. The molecule has 3 atom stereocenters. The Balaban J connectivity index is 1.77. The Morgan fingerprint density at radius 3 is 2.70 bits per heavy atom. The first-order chi connectivity index (χ1) is 9.56. The smallest absolute Gasteiger partial charge is 0.137 e. The molecule has 3 unspecified atom stereocenters. The Bertz CT molecular complexity index is 485. The summed E-state index contributed by atoms with van der Waals surface area (Å²) in [5, 5.41) is 0. The van der Waals surface area contributed by atoms with Crippen molar-refractivity contribution in [3.63, 3.8) is 0 Å². The van der Waals surface area contributed by atoms with Gasteiger partial charge in [0.1, 0.15) is 18.0 Å². The minimum Gasteiger partial charge on any atom is -0.383 e. The molecule has 0 aromatic carbocycles. The van der Waals surface area contributed by atoms with Gasteiger partial charge in [0.05, 0.1) is 0 Å². The monoisotopic (exact) mass is 274 g/mol. The predicted molar refractivity (Wildman–Crippen MR) is 82.7 cm³/mol. The maximum absolute atomic E-state index is 6.05. The highest BCUT2D eigenvalue weighted by atomic mass is 15.2. The summed E-state index contributed by atoms with van der Waals surface area (Å²) in [7, 11) is 2.15. The van der Waals surface area contributed by atoms with E-state index in [-0.39, 0.29) is 0 Å². The minimum absolute atomic E-state index is 0.355. The van der Waals surface area contributed by atoms with Gasteiger partial charge in [-0.2, -0.15) is 0 Å². The molecule has 0 spiro atoms. The minimum atomic E-state index is 0.355. The number of anilines is 2. The summed E-state index contributed by atoms with van der Waals surface area (Å²) < 4.78 is 0. The molecule has 2 aliphatic rings. The number of aromatic nitrogens is 2. The first-order valence-electron chi connectivity index (χ1n) is 7.87. The fraction of sp³-hybridized carbons (Fsp3) is 0.750. The number of hydrogen-bond donors (Lipinski definition) is 1. The number of fused-ring (bicyclic) bond motifs is 2. The normalized spacial score (nSPS) is 28.3. The number of nitrogens with two attached hydrogens (primary N) is 1. The van der Waals surface area contributed by atoms with Gasteiger partial charge >= 0.3 is 0 Å². The summed E-state index contributed by atoms with van der Waals surface area (Å²) in [6, 6.07) is 0. The molecule has 2 aliphatic carbocycles. The Kier molecular flexibility index (Phi) is 3.57. The van der Waals surface area contributed by atoms with Gasteiger partial charge in [0.2, 0.25) is 0 Å². The van der Waals surface area contributed by atoms with Crippen molar-refractivity contribution in [1.82, 2.24) is 9.97 Å². The van der Waals surface area contributed by atoms with Crippen LogP contribution in [-0.4, -0.2) is 23.6 Å². The zero-order valence-electron chi connectivity index (χ0n) is 12.8. The van der Waals surface area contributed by atoms with Crippen molar-refractivity contribution in [3.05, 3.63) is 11.9 Å². The van der Waals surface area contributed by atoms with E-state index in [1.165, 1.54) is 25.7 Å². The van der Waals surface area contributed by atoms with Crippen molar-refractivity contribution >= 4 is 11.6 Å². The van der Waals surface area contributed by atoms with Crippen LogP contribution < -0.4 is 10.6 Å². The Hall–Kier alpha value is -1.32. The van der Waals surface area contributed by atoms with E-state index in [1.54, 1.807) is 6.33 Å². The molecular formula is C16H26N4. The summed E-state index contributed by atoms with van der Waals surface area (Å²) in [4.78, 5) is 11.0. The molecule has 0 amide bonds. The number of hydrogen-bond acceptors (Lipinski definition) is 4. The van der Waals surface area contributed by atoms with Crippen molar-refractivity contribution in [2.75, 3.05) is 24.2 Å². The van der Waals surface area contributed by atoms with Crippen LogP contribution in [0.25, 0.3) is 0 Å². The summed E-state index contributed by atoms with van der Waals surface area (Å²) in [5.74, 6) is 4.80. The van der Waals surface area contributed by atoms with E-state index in [1.807, 2.05) is 0 Å². The highest BCUT2D eigenvalue weighted by Gasteiger charge is 2.39. The van der Waals surface area contributed by atoms with Crippen LogP contribution in [-0.2, 0) is 0 Å². The van der Waals surface area contributed by atoms with Crippen molar-refractivity contribution < 1.29 is 0 Å². The van der Waals surface area contributed by atoms with Crippen LogP contribution in [0.4, 0.5) is 11.6 Å². The first kappa shape index (κ1) is 13.7. The molecule has 3 rings (SSSR count). The maximum atomic E-state index is 6.05. The highest BCUT2D eigenvalue weighted by molar-refractivity contribution is 5.57. The second-order valence-electron chi connectivity index (χ2n) is 6.97. The summed E-state index contributed by atoms with van der Waals surface area (Å²) in [6.45, 7) is 5.42. The number of nitrogens with zero attached hydrogens (tertiary/aromatic N) is 3. The molecule has 0 aliphatic heterocycles. The topological polar surface area (TPSA) is 55.0 Å². The van der Waals surface area contributed by atoms with Gasteiger partial charge in [-0.1, -0.05) is 20.3 Å². The summed E-state index contributed by atoms with van der Waals surface area (Å²) >= 11 is 0. The third-order valence-electron chi connectivity index (χ3n) is 5.23. The van der Waals surface area contributed by atoms with Crippen LogP contribution in [0.3, 0.4) is 0 Å². The lowest BCUT2D eigenvalue weighted by atomic mass is 9.88. The van der Waals surface area contributed by atoms with Crippen molar-refractivity contribution in [1.29, 1.82) is 0 Å². The number of nitrogen functional groups attached to an aromatic ring is 1. The number of rotatable bonds is 4. The van der Waals surface area contributed by atoms with Crippen LogP contribution in [0, 0.1) is 17.8 Å². The fourth-order valence-corrected chi connectivity index (χ4v) is 4.30. The third kappa shape index (κ3) is 2.36. The Morgan fingerprint density at radius 2 is 2.10 bits per heavy atom. The van der Waals surface area contributed by atoms with Crippen LogP contribution in [0.5, 0.6) is 0 Å². The van der Waals surface area contributed by atoms with Gasteiger partial charge in [0.15, 0.2) is 0 Å². The second kappa shape index (κ2) is 5.23. The van der Waals surface area contributed by atoms with E-state index < -0.39 is 0 Å². The molecule has 2 N–H and O–H groups in total. The van der Waals surface area contributed by atoms with E-state index >= 15 is 0 Å². The molecular weight excluding hydrogens is 248 g/mol. The lowest BCUT2D eigenvalue weighted by molar-refractivity contribution is 0.337. The van der Waals surface area contributed by atoms with Crippen LogP contribution in [0.2, 0.25) is 0 Å². The SMILES string of the molecule is CC(C)c1c(N)ncnc1N(C)CC1CC2CCC1C2. The quantitative estimate of drug-likeness (QED) is 0.917. The molecule has 2 bridgehead atoms. The van der Waals surface area contributed by atoms with Gasteiger partial charge in [-0.25, -0.2) is 9.97 Å². The van der Waals surface area contributed by atoms with E-state index in [9.17, 15) is 0 Å². The maximum Gasteiger partial charge on any atom is 0.137 e. The van der Waals surface area contributed by atoms with Gasteiger partial charge in [-0.3, -0.25) is 0 Å². The molecule has 2 saturated carbocycles. The third-order valence-corrected chi connectivity index (χ3v) is 5.23. The lowest BCUT2D eigenvalue weighted by Gasteiger charge is -2.29. The first-order valence-corrected chi connectivity index (χ1v) is 7.87. The molecule has 1 aromatic heterocycles. The molecule has 110 valence electrons. The van der Waals surface area contributed by atoms with Gasteiger partial charge in [-0.15, -0.1) is 0 Å². The average Bonchev–Trinajstić information content (AvgIpc) is 3.00. The van der Waals surface area contributed by atoms with Crippen LogP contribution in [0.1, 0.15) is 51.0 Å². The lowest BCUT2D eigenvalue weighted by Crippen LogP contribution is -2.30. The predicted octanol–water partition coefficient (Wildman–Crippen LogP) is 3.05. The molecule has 2 fully saturated rings. The standard InChI is InChI=1S/C16H26N4/c1-10(2)14-15(17)18-9-19-16(14)20(3)8-13-7-11-4-5-12(13)6-11/h9-13H,4-8H2,1-3H3,(H2,17,18,19).